The Hall–Kier alpha value is -1.45. The molecule has 1 rings (SSSR count). The van der Waals surface area contributed by atoms with E-state index in [-0.39, 0.29) is 0 Å². The van der Waals surface area contributed by atoms with Gasteiger partial charge in [-0.1, -0.05) is 0 Å². The van der Waals surface area contributed by atoms with Crippen molar-refractivity contribution in [1.82, 2.24) is 9.97 Å². The van der Waals surface area contributed by atoms with Gasteiger partial charge in [0.15, 0.2) is 5.82 Å². The molecule has 0 bridgehead atoms. The molecule has 1 aromatic heterocycles. The molecular weight excluding hydrogens is 116 g/mol. The zero-order valence-corrected chi connectivity index (χ0v) is 4.73. The number of hydrogen-bond acceptors (Lipinski definition) is 3. The van der Waals surface area contributed by atoms with E-state index in [1.165, 1.54) is 12.7 Å². The van der Waals surface area contributed by atoms with Gasteiger partial charge in [0.2, 0.25) is 0 Å². The Bertz CT molecular complexity index is 193. The van der Waals surface area contributed by atoms with Crippen molar-refractivity contribution in [2.45, 2.75) is 0 Å². The fourth-order valence-corrected chi connectivity index (χ4v) is 0.436. The molecule has 0 aromatic carbocycles. The SMILES string of the molecule is NC=Nc1ccncn1. The summed E-state index contributed by atoms with van der Waals surface area (Å²) in [5.74, 6) is 0.576. The maximum atomic E-state index is 5.01. The van der Waals surface area contributed by atoms with Gasteiger partial charge in [-0.3, -0.25) is 0 Å². The molecule has 2 N–H and O–H groups in total. The van der Waals surface area contributed by atoms with Crippen LogP contribution in [0.2, 0.25) is 0 Å². The van der Waals surface area contributed by atoms with Crippen molar-refractivity contribution in [2.24, 2.45) is 10.7 Å². The summed E-state index contributed by atoms with van der Waals surface area (Å²) < 4.78 is 0. The van der Waals surface area contributed by atoms with E-state index in [0.29, 0.717) is 5.82 Å². The van der Waals surface area contributed by atoms with E-state index in [1.54, 1.807) is 12.3 Å². The summed E-state index contributed by atoms with van der Waals surface area (Å²) >= 11 is 0. The normalized spacial score (nSPS) is 10.2. The summed E-state index contributed by atoms with van der Waals surface area (Å²) in [6.07, 6.45) is 4.22. The van der Waals surface area contributed by atoms with Gasteiger partial charge in [0.25, 0.3) is 0 Å². The van der Waals surface area contributed by atoms with Gasteiger partial charge in [-0.15, -0.1) is 0 Å². The fraction of sp³-hybridized carbons (Fsp3) is 0. The van der Waals surface area contributed by atoms with Crippen molar-refractivity contribution in [3.63, 3.8) is 0 Å². The number of rotatable bonds is 1. The van der Waals surface area contributed by atoms with Crippen LogP contribution in [0.25, 0.3) is 0 Å². The Labute approximate surface area is 52.5 Å². The van der Waals surface area contributed by atoms with Crippen molar-refractivity contribution >= 4 is 12.2 Å². The number of nitrogens with two attached hydrogens (primary N) is 1. The van der Waals surface area contributed by atoms with Crippen molar-refractivity contribution in [1.29, 1.82) is 0 Å². The first-order chi connectivity index (χ1) is 4.43. The van der Waals surface area contributed by atoms with Crippen LogP contribution in [0.5, 0.6) is 0 Å². The third-order valence-corrected chi connectivity index (χ3v) is 0.773. The smallest absolute Gasteiger partial charge is 0.156 e. The molecule has 46 valence electrons. The van der Waals surface area contributed by atoms with Crippen LogP contribution in [0.3, 0.4) is 0 Å². The Morgan fingerprint density at radius 1 is 1.67 bits per heavy atom. The van der Waals surface area contributed by atoms with Crippen molar-refractivity contribution < 1.29 is 0 Å². The topological polar surface area (TPSA) is 64.2 Å². The number of nitrogens with zero attached hydrogens (tertiary/aromatic N) is 3. The summed E-state index contributed by atoms with van der Waals surface area (Å²) in [6, 6.07) is 1.67. The van der Waals surface area contributed by atoms with Crippen molar-refractivity contribution in [3.05, 3.63) is 18.6 Å². The summed E-state index contributed by atoms with van der Waals surface area (Å²) in [5.41, 5.74) is 5.01. The third kappa shape index (κ3) is 1.49. The molecule has 1 aromatic rings. The number of aliphatic imine (C=N–C) groups is 1. The van der Waals surface area contributed by atoms with Gasteiger partial charge in [-0.2, -0.15) is 0 Å². The van der Waals surface area contributed by atoms with Gasteiger partial charge in [-0.05, 0) is 0 Å². The van der Waals surface area contributed by atoms with Crippen LogP contribution in [-0.2, 0) is 0 Å². The first-order valence-corrected chi connectivity index (χ1v) is 2.44. The molecule has 0 aliphatic carbocycles. The Kier molecular flexibility index (Phi) is 1.74. The molecule has 4 nitrogen and oxygen atoms in total. The van der Waals surface area contributed by atoms with Crippen LogP contribution in [0.15, 0.2) is 23.6 Å². The first-order valence-electron chi connectivity index (χ1n) is 2.44. The van der Waals surface area contributed by atoms with Gasteiger partial charge < -0.3 is 5.73 Å². The Balaban J connectivity index is 2.85. The highest BCUT2D eigenvalue weighted by atomic mass is 15.0. The van der Waals surface area contributed by atoms with E-state index in [9.17, 15) is 0 Å². The molecule has 1 heterocycles. The van der Waals surface area contributed by atoms with Gasteiger partial charge in [0.05, 0.1) is 6.34 Å². The van der Waals surface area contributed by atoms with Gasteiger partial charge in [-0.25, -0.2) is 15.0 Å². The van der Waals surface area contributed by atoms with Gasteiger partial charge >= 0.3 is 0 Å². The average Bonchev–Trinajstić information content (AvgIpc) is 1.91. The van der Waals surface area contributed by atoms with E-state index in [1.807, 2.05) is 0 Å². The summed E-state index contributed by atoms with van der Waals surface area (Å²) in [6.45, 7) is 0. The zero-order chi connectivity index (χ0) is 6.53. The predicted molar refractivity (Wildman–Crippen MR) is 34.4 cm³/mol. The molecule has 4 heteroatoms. The van der Waals surface area contributed by atoms with E-state index in [4.69, 9.17) is 5.73 Å². The minimum Gasteiger partial charge on any atom is -0.390 e. The minimum atomic E-state index is 0.576. The highest BCUT2D eigenvalue weighted by Gasteiger charge is 1.81. The molecule has 0 atom stereocenters. The highest BCUT2D eigenvalue weighted by molar-refractivity contribution is 5.56. The number of aromatic nitrogens is 2. The summed E-state index contributed by atoms with van der Waals surface area (Å²) in [4.78, 5) is 11.2. The van der Waals surface area contributed by atoms with E-state index in [0.717, 1.165) is 0 Å². The molecule has 9 heavy (non-hydrogen) atoms. The molecule has 0 aliphatic heterocycles. The molecule has 0 amide bonds. The number of hydrogen-bond donors (Lipinski definition) is 1. The average molecular weight is 122 g/mol. The monoisotopic (exact) mass is 122 g/mol. The zero-order valence-electron chi connectivity index (χ0n) is 4.73. The van der Waals surface area contributed by atoms with Crippen LogP contribution < -0.4 is 5.73 Å². The molecule has 0 unspecified atom stereocenters. The molecule has 0 fully saturated rings. The maximum Gasteiger partial charge on any atom is 0.156 e. The highest BCUT2D eigenvalue weighted by Crippen LogP contribution is 1.99. The van der Waals surface area contributed by atoms with E-state index >= 15 is 0 Å². The maximum absolute atomic E-state index is 5.01. The van der Waals surface area contributed by atoms with Crippen LogP contribution in [0.1, 0.15) is 0 Å². The lowest BCUT2D eigenvalue weighted by Gasteiger charge is -1.85. The fourth-order valence-electron chi connectivity index (χ4n) is 0.436. The molecule has 0 aliphatic rings. The lowest BCUT2D eigenvalue weighted by Crippen LogP contribution is -1.87. The third-order valence-electron chi connectivity index (χ3n) is 0.773. The van der Waals surface area contributed by atoms with E-state index in [2.05, 4.69) is 15.0 Å². The molecule has 0 saturated carbocycles. The minimum absolute atomic E-state index is 0.576. The van der Waals surface area contributed by atoms with Crippen molar-refractivity contribution in [3.8, 4) is 0 Å². The lowest BCUT2D eigenvalue weighted by molar-refractivity contribution is 1.15. The quantitative estimate of drug-likeness (QED) is 0.424. The largest absolute Gasteiger partial charge is 0.390 e. The van der Waals surface area contributed by atoms with Crippen LogP contribution in [0, 0.1) is 0 Å². The van der Waals surface area contributed by atoms with Crippen LogP contribution >= 0.6 is 0 Å². The van der Waals surface area contributed by atoms with Gasteiger partial charge in [0.1, 0.15) is 6.33 Å². The van der Waals surface area contributed by atoms with E-state index < -0.39 is 0 Å². The standard InChI is InChI=1S/C5H6N4/c6-3-8-5-1-2-7-4-9-5/h1-4H,(H2,6,7,8,9). The Morgan fingerprint density at radius 2 is 2.56 bits per heavy atom. The second-order valence-electron chi connectivity index (χ2n) is 1.35. The second kappa shape index (κ2) is 2.76. The molecular formula is C5H6N4. The van der Waals surface area contributed by atoms with Crippen LogP contribution in [-0.4, -0.2) is 16.3 Å². The second-order valence-corrected chi connectivity index (χ2v) is 1.35. The van der Waals surface area contributed by atoms with Gasteiger partial charge in [0, 0.05) is 12.3 Å². The summed E-state index contributed by atoms with van der Waals surface area (Å²) in [7, 11) is 0. The first kappa shape index (κ1) is 5.68. The lowest BCUT2D eigenvalue weighted by atomic mass is 10.6. The molecule has 0 saturated heterocycles. The van der Waals surface area contributed by atoms with Crippen LogP contribution in [0.4, 0.5) is 5.82 Å². The summed E-state index contributed by atoms with van der Waals surface area (Å²) in [5, 5.41) is 0. The Morgan fingerprint density at radius 3 is 3.11 bits per heavy atom. The van der Waals surface area contributed by atoms with Crippen molar-refractivity contribution in [2.75, 3.05) is 0 Å². The predicted octanol–water partition coefficient (Wildman–Crippen LogP) is 0.0951. The molecule has 0 spiro atoms. The molecule has 0 radical (unpaired) electrons.